The van der Waals surface area contributed by atoms with Crippen molar-refractivity contribution in [2.45, 2.75) is 33.2 Å². The largest absolute Gasteiger partial charge is 0.352 e. The van der Waals surface area contributed by atoms with E-state index in [9.17, 15) is 14.0 Å². The Kier molecular flexibility index (Phi) is 5.89. The molecule has 2 aromatic carbocycles. The maximum atomic E-state index is 13.0. The molecule has 1 fully saturated rings. The van der Waals surface area contributed by atoms with Crippen LogP contribution >= 0.6 is 0 Å². The van der Waals surface area contributed by atoms with Gasteiger partial charge in [0, 0.05) is 25.2 Å². The normalized spacial score (nSPS) is 16.9. The summed E-state index contributed by atoms with van der Waals surface area (Å²) in [5, 5.41) is 2.91. The van der Waals surface area contributed by atoms with E-state index in [0.717, 1.165) is 29.5 Å². The quantitative estimate of drug-likeness (QED) is 0.896. The number of rotatable bonds is 4. The molecule has 3 rings (SSSR count). The first kappa shape index (κ1) is 19.1. The SMILES string of the molecule is Cc1cc(C)cc(C(=O)N2CCCC(C(=O)NCc3ccc(F)cc3)C2)c1. The molecule has 1 heterocycles. The minimum absolute atomic E-state index is 0.0159. The molecule has 1 N–H and O–H groups in total. The molecule has 27 heavy (non-hydrogen) atoms. The summed E-state index contributed by atoms with van der Waals surface area (Å²) in [7, 11) is 0. The van der Waals surface area contributed by atoms with Crippen LogP contribution in [0.25, 0.3) is 0 Å². The molecule has 142 valence electrons. The van der Waals surface area contributed by atoms with E-state index in [1.54, 1.807) is 17.0 Å². The van der Waals surface area contributed by atoms with Crippen LogP contribution in [0, 0.1) is 25.6 Å². The smallest absolute Gasteiger partial charge is 0.253 e. The first-order valence-corrected chi connectivity index (χ1v) is 9.32. The van der Waals surface area contributed by atoms with Crippen molar-refractivity contribution in [2.75, 3.05) is 13.1 Å². The van der Waals surface area contributed by atoms with E-state index >= 15 is 0 Å². The third-order valence-corrected chi connectivity index (χ3v) is 4.93. The van der Waals surface area contributed by atoms with Gasteiger partial charge in [0.25, 0.3) is 5.91 Å². The van der Waals surface area contributed by atoms with E-state index in [1.165, 1.54) is 12.1 Å². The fourth-order valence-electron chi connectivity index (χ4n) is 3.59. The molecule has 1 aliphatic rings. The average Bonchev–Trinajstić information content (AvgIpc) is 2.66. The van der Waals surface area contributed by atoms with E-state index in [4.69, 9.17) is 0 Å². The van der Waals surface area contributed by atoms with Crippen LogP contribution in [0.5, 0.6) is 0 Å². The van der Waals surface area contributed by atoms with Gasteiger partial charge in [-0.25, -0.2) is 4.39 Å². The molecule has 2 amide bonds. The molecule has 5 heteroatoms. The van der Waals surface area contributed by atoms with Gasteiger partial charge in [0.1, 0.15) is 5.82 Å². The maximum absolute atomic E-state index is 13.0. The minimum atomic E-state index is -0.294. The molecule has 0 aromatic heterocycles. The van der Waals surface area contributed by atoms with E-state index in [2.05, 4.69) is 5.32 Å². The molecule has 0 aliphatic carbocycles. The molecule has 1 saturated heterocycles. The molecule has 1 aliphatic heterocycles. The lowest BCUT2D eigenvalue weighted by atomic mass is 9.96. The fraction of sp³-hybridized carbons (Fsp3) is 0.364. The topological polar surface area (TPSA) is 49.4 Å². The standard InChI is InChI=1S/C22H25FN2O2/c1-15-10-16(2)12-19(11-15)22(27)25-9-3-4-18(14-25)21(26)24-13-17-5-7-20(23)8-6-17/h5-8,10-12,18H,3-4,9,13-14H2,1-2H3,(H,24,26). The number of amides is 2. The highest BCUT2D eigenvalue weighted by molar-refractivity contribution is 5.95. The third-order valence-electron chi connectivity index (χ3n) is 4.93. The Bertz CT molecular complexity index is 812. The highest BCUT2D eigenvalue weighted by Crippen LogP contribution is 2.20. The van der Waals surface area contributed by atoms with Gasteiger partial charge in [0.15, 0.2) is 0 Å². The summed E-state index contributed by atoms with van der Waals surface area (Å²) < 4.78 is 13.0. The Hall–Kier alpha value is -2.69. The summed E-state index contributed by atoms with van der Waals surface area (Å²) in [6, 6.07) is 11.9. The Labute approximate surface area is 159 Å². The summed E-state index contributed by atoms with van der Waals surface area (Å²) in [6.45, 7) is 5.42. The summed E-state index contributed by atoms with van der Waals surface area (Å²) >= 11 is 0. The highest BCUT2D eigenvalue weighted by atomic mass is 19.1. The van der Waals surface area contributed by atoms with Gasteiger partial charge < -0.3 is 10.2 Å². The minimum Gasteiger partial charge on any atom is -0.352 e. The second-order valence-corrected chi connectivity index (χ2v) is 7.31. The number of piperidine rings is 1. The van der Waals surface area contributed by atoms with Crippen LogP contribution in [-0.2, 0) is 11.3 Å². The molecule has 2 aromatic rings. The van der Waals surface area contributed by atoms with Gasteiger partial charge in [-0.2, -0.15) is 0 Å². The van der Waals surface area contributed by atoms with E-state index in [-0.39, 0.29) is 23.5 Å². The van der Waals surface area contributed by atoms with Crippen molar-refractivity contribution in [1.82, 2.24) is 10.2 Å². The molecular formula is C22H25FN2O2. The van der Waals surface area contributed by atoms with Crippen molar-refractivity contribution in [2.24, 2.45) is 5.92 Å². The van der Waals surface area contributed by atoms with Crippen LogP contribution in [0.3, 0.4) is 0 Å². The first-order chi connectivity index (χ1) is 12.9. The van der Waals surface area contributed by atoms with Crippen molar-refractivity contribution in [3.05, 3.63) is 70.5 Å². The lowest BCUT2D eigenvalue weighted by molar-refractivity contribution is -0.126. The number of likely N-dealkylation sites (tertiary alicyclic amines) is 1. The molecule has 1 atom stereocenters. The van der Waals surface area contributed by atoms with Crippen molar-refractivity contribution >= 4 is 11.8 Å². The highest BCUT2D eigenvalue weighted by Gasteiger charge is 2.28. The van der Waals surface area contributed by atoms with Gasteiger partial charge >= 0.3 is 0 Å². The number of hydrogen-bond acceptors (Lipinski definition) is 2. The second kappa shape index (κ2) is 8.33. The molecule has 0 saturated carbocycles. The lowest BCUT2D eigenvalue weighted by Gasteiger charge is -2.32. The van der Waals surface area contributed by atoms with Crippen molar-refractivity contribution in [1.29, 1.82) is 0 Å². The maximum Gasteiger partial charge on any atom is 0.253 e. The van der Waals surface area contributed by atoms with Crippen LogP contribution < -0.4 is 5.32 Å². The molecule has 0 radical (unpaired) electrons. The van der Waals surface area contributed by atoms with Gasteiger partial charge in [-0.1, -0.05) is 29.3 Å². The Morgan fingerprint density at radius 1 is 1.11 bits per heavy atom. The first-order valence-electron chi connectivity index (χ1n) is 9.32. The Morgan fingerprint density at radius 3 is 2.44 bits per heavy atom. The van der Waals surface area contributed by atoms with E-state index < -0.39 is 0 Å². The summed E-state index contributed by atoms with van der Waals surface area (Å²) in [6.07, 6.45) is 1.58. The average molecular weight is 368 g/mol. The van der Waals surface area contributed by atoms with Crippen LogP contribution in [-0.4, -0.2) is 29.8 Å². The molecule has 1 unspecified atom stereocenters. The number of carbonyl (C=O) groups excluding carboxylic acids is 2. The predicted molar refractivity (Wildman–Crippen MR) is 103 cm³/mol. The van der Waals surface area contributed by atoms with Gasteiger partial charge in [0.05, 0.1) is 5.92 Å². The van der Waals surface area contributed by atoms with Gasteiger partial charge in [0.2, 0.25) is 5.91 Å². The number of benzene rings is 2. The Morgan fingerprint density at radius 2 is 1.78 bits per heavy atom. The van der Waals surface area contributed by atoms with Gasteiger partial charge in [-0.05, 0) is 56.5 Å². The third kappa shape index (κ3) is 4.94. The number of halogens is 1. The molecule has 0 bridgehead atoms. The van der Waals surface area contributed by atoms with Crippen LogP contribution in [0.1, 0.15) is 39.9 Å². The van der Waals surface area contributed by atoms with Gasteiger partial charge in [-0.15, -0.1) is 0 Å². The zero-order chi connectivity index (χ0) is 19.4. The zero-order valence-electron chi connectivity index (χ0n) is 15.8. The zero-order valence-corrected chi connectivity index (χ0v) is 15.8. The second-order valence-electron chi connectivity index (χ2n) is 7.31. The Balaban J connectivity index is 1.60. The van der Waals surface area contributed by atoms with Crippen LogP contribution in [0.4, 0.5) is 4.39 Å². The summed E-state index contributed by atoms with van der Waals surface area (Å²) in [4.78, 5) is 27.1. The summed E-state index contributed by atoms with van der Waals surface area (Å²) in [5.41, 5.74) is 3.65. The number of nitrogens with one attached hydrogen (secondary N) is 1. The molecular weight excluding hydrogens is 343 g/mol. The van der Waals surface area contributed by atoms with Crippen LogP contribution in [0.2, 0.25) is 0 Å². The number of carbonyl (C=O) groups is 2. The van der Waals surface area contributed by atoms with Crippen molar-refractivity contribution in [3.63, 3.8) is 0 Å². The number of aryl methyl sites for hydroxylation is 2. The number of hydrogen-bond donors (Lipinski definition) is 1. The van der Waals surface area contributed by atoms with Gasteiger partial charge in [-0.3, -0.25) is 9.59 Å². The fourth-order valence-corrected chi connectivity index (χ4v) is 3.59. The van der Waals surface area contributed by atoms with Crippen LogP contribution in [0.15, 0.2) is 42.5 Å². The predicted octanol–water partition coefficient (Wildman–Crippen LogP) is 3.61. The molecule has 0 spiro atoms. The summed E-state index contributed by atoms with van der Waals surface area (Å²) in [5.74, 6) is -0.581. The molecule has 4 nitrogen and oxygen atoms in total. The van der Waals surface area contributed by atoms with E-state index in [0.29, 0.717) is 25.2 Å². The lowest BCUT2D eigenvalue weighted by Crippen LogP contribution is -2.45. The number of nitrogens with zero attached hydrogens (tertiary/aromatic N) is 1. The van der Waals surface area contributed by atoms with Crippen molar-refractivity contribution in [3.8, 4) is 0 Å². The van der Waals surface area contributed by atoms with Crippen molar-refractivity contribution < 1.29 is 14.0 Å². The van der Waals surface area contributed by atoms with E-state index in [1.807, 2.05) is 32.0 Å². The monoisotopic (exact) mass is 368 g/mol.